The van der Waals surface area contributed by atoms with Crippen LogP contribution in [0.15, 0.2) is 48.7 Å². The zero-order valence-corrected chi connectivity index (χ0v) is 19.3. The maximum Gasteiger partial charge on any atom is 0.270 e. The zero-order chi connectivity index (χ0) is 23.2. The molecule has 1 aromatic heterocycles. The van der Waals surface area contributed by atoms with Gasteiger partial charge in [0.15, 0.2) is 5.82 Å². The lowest BCUT2D eigenvalue weighted by molar-refractivity contribution is -0.116. The summed E-state index contributed by atoms with van der Waals surface area (Å²) < 4.78 is 0. The van der Waals surface area contributed by atoms with E-state index in [9.17, 15) is 9.59 Å². The van der Waals surface area contributed by atoms with Crippen LogP contribution in [0.5, 0.6) is 0 Å². The molecular weight excluding hydrogens is 414 g/mol. The van der Waals surface area contributed by atoms with Crippen molar-refractivity contribution in [1.29, 1.82) is 0 Å². The fourth-order valence-corrected chi connectivity index (χ4v) is 4.11. The highest BCUT2D eigenvalue weighted by Gasteiger charge is 2.20. The van der Waals surface area contributed by atoms with Crippen molar-refractivity contribution >= 4 is 28.3 Å². The molecule has 0 bridgehead atoms. The van der Waals surface area contributed by atoms with E-state index in [4.69, 9.17) is 0 Å². The second kappa shape index (κ2) is 10.5. The first-order valence-corrected chi connectivity index (χ1v) is 11.7. The average molecular weight is 446 g/mol. The number of nitrogens with one attached hydrogen (secondary N) is 2. The van der Waals surface area contributed by atoms with Crippen molar-refractivity contribution in [2.45, 2.75) is 45.1 Å². The molecule has 33 heavy (non-hydrogen) atoms. The summed E-state index contributed by atoms with van der Waals surface area (Å²) in [6.07, 6.45) is 5.85. The lowest BCUT2D eigenvalue weighted by Gasteiger charge is -2.29. The van der Waals surface area contributed by atoms with Gasteiger partial charge in [0, 0.05) is 35.3 Å². The van der Waals surface area contributed by atoms with Gasteiger partial charge in [-0.15, -0.1) is 0 Å². The summed E-state index contributed by atoms with van der Waals surface area (Å²) in [6, 6.07) is 13.6. The van der Waals surface area contributed by atoms with E-state index >= 15 is 0 Å². The molecule has 1 aliphatic heterocycles. The molecule has 0 unspecified atom stereocenters. The van der Waals surface area contributed by atoms with Gasteiger partial charge in [0.2, 0.25) is 5.91 Å². The predicted octanol–water partition coefficient (Wildman–Crippen LogP) is 4.25. The van der Waals surface area contributed by atoms with E-state index in [1.807, 2.05) is 36.4 Å². The number of carbonyl (C=O) groups excluding carboxylic acids is 2. The Balaban J connectivity index is 1.55. The molecule has 0 atom stereocenters. The van der Waals surface area contributed by atoms with Crippen LogP contribution in [0.2, 0.25) is 0 Å². The summed E-state index contributed by atoms with van der Waals surface area (Å²) in [4.78, 5) is 36.3. The number of unbranched alkanes of at least 4 members (excludes halogenated alkanes) is 1. The molecule has 0 radical (unpaired) electrons. The van der Waals surface area contributed by atoms with Crippen molar-refractivity contribution in [3.63, 3.8) is 0 Å². The van der Waals surface area contributed by atoms with Crippen molar-refractivity contribution < 1.29 is 9.59 Å². The number of nitrogens with zero attached hydrogens (tertiary/aromatic N) is 3. The summed E-state index contributed by atoms with van der Waals surface area (Å²) in [6.45, 7) is 4.03. The number of benzene rings is 2. The lowest BCUT2D eigenvalue weighted by atomic mass is 10.0. The van der Waals surface area contributed by atoms with E-state index in [0.29, 0.717) is 17.9 Å². The number of hydrogen-bond donors (Lipinski definition) is 2. The maximum atomic E-state index is 12.8. The molecule has 172 valence electrons. The van der Waals surface area contributed by atoms with Crippen molar-refractivity contribution in [3.05, 3.63) is 54.4 Å². The molecule has 1 aliphatic rings. The van der Waals surface area contributed by atoms with Gasteiger partial charge < -0.3 is 15.5 Å². The van der Waals surface area contributed by atoms with Gasteiger partial charge >= 0.3 is 0 Å². The molecule has 1 saturated heterocycles. The van der Waals surface area contributed by atoms with Gasteiger partial charge in [-0.25, -0.2) is 9.97 Å². The molecule has 0 spiro atoms. The molecule has 7 nitrogen and oxygen atoms in total. The zero-order valence-electron chi connectivity index (χ0n) is 19.3. The van der Waals surface area contributed by atoms with Crippen molar-refractivity contribution in [2.24, 2.45) is 0 Å². The quantitative estimate of drug-likeness (QED) is 0.568. The van der Waals surface area contributed by atoms with Crippen LogP contribution < -0.4 is 10.6 Å². The molecule has 2 aromatic carbocycles. The highest BCUT2D eigenvalue weighted by Crippen LogP contribution is 2.28. The third kappa shape index (κ3) is 5.73. The number of carbonyl (C=O) groups is 2. The first-order valence-electron chi connectivity index (χ1n) is 11.7. The second-order valence-corrected chi connectivity index (χ2v) is 8.71. The monoisotopic (exact) mass is 445 g/mol. The Morgan fingerprint density at radius 3 is 2.73 bits per heavy atom. The summed E-state index contributed by atoms with van der Waals surface area (Å²) in [5.41, 5.74) is 1.93. The third-order valence-corrected chi connectivity index (χ3v) is 6.11. The van der Waals surface area contributed by atoms with Gasteiger partial charge in [0.25, 0.3) is 5.91 Å². The van der Waals surface area contributed by atoms with Crippen molar-refractivity contribution in [3.8, 4) is 11.4 Å². The van der Waals surface area contributed by atoms with Crippen LogP contribution in [0.4, 0.5) is 5.69 Å². The van der Waals surface area contributed by atoms with E-state index in [1.165, 1.54) is 0 Å². The lowest BCUT2D eigenvalue weighted by Crippen LogP contribution is -2.43. The van der Waals surface area contributed by atoms with Crippen LogP contribution in [0, 0.1) is 0 Å². The third-order valence-electron chi connectivity index (χ3n) is 6.11. The molecule has 2 N–H and O–H groups in total. The highest BCUT2D eigenvalue weighted by atomic mass is 16.2. The first-order chi connectivity index (χ1) is 16.0. The SMILES string of the molecule is CCCCC(=O)Nc1cccc2ccc(-c3nccc(C(=O)NC4CCN(C)CC4)n3)cc12. The van der Waals surface area contributed by atoms with Crippen LogP contribution in [0.3, 0.4) is 0 Å². The standard InChI is InChI=1S/C26H31N5O2/c1-3-4-8-24(32)29-22-7-5-6-18-9-10-19(17-21(18)22)25-27-14-11-23(30-25)26(33)28-20-12-15-31(2)16-13-20/h5-7,9-11,14,17,20H,3-4,8,12-13,15-16H2,1-2H3,(H,28,33)(H,29,32). The number of rotatable bonds is 7. The van der Waals surface area contributed by atoms with E-state index in [-0.39, 0.29) is 17.9 Å². The minimum atomic E-state index is -0.169. The van der Waals surface area contributed by atoms with Gasteiger partial charge in [-0.3, -0.25) is 9.59 Å². The predicted molar refractivity (Wildman–Crippen MR) is 131 cm³/mol. The molecular formula is C26H31N5O2. The second-order valence-electron chi connectivity index (χ2n) is 8.71. The van der Waals surface area contributed by atoms with Gasteiger partial charge in [-0.1, -0.05) is 37.6 Å². The summed E-state index contributed by atoms with van der Waals surface area (Å²) in [7, 11) is 2.10. The van der Waals surface area contributed by atoms with Gasteiger partial charge in [0.1, 0.15) is 5.69 Å². The smallest absolute Gasteiger partial charge is 0.270 e. The fraction of sp³-hybridized carbons (Fsp3) is 0.385. The molecule has 0 saturated carbocycles. The van der Waals surface area contributed by atoms with Gasteiger partial charge in [0.05, 0.1) is 0 Å². The molecule has 1 fully saturated rings. The van der Waals surface area contributed by atoms with Crippen LogP contribution >= 0.6 is 0 Å². The van der Waals surface area contributed by atoms with E-state index in [1.54, 1.807) is 12.3 Å². The number of aromatic nitrogens is 2. The van der Waals surface area contributed by atoms with E-state index < -0.39 is 0 Å². The highest BCUT2D eigenvalue weighted by molar-refractivity contribution is 6.03. The largest absolute Gasteiger partial charge is 0.348 e. The molecule has 3 aromatic rings. The Morgan fingerprint density at radius 2 is 1.94 bits per heavy atom. The number of hydrogen-bond acceptors (Lipinski definition) is 5. The van der Waals surface area contributed by atoms with Crippen LogP contribution in [0.25, 0.3) is 22.2 Å². The molecule has 2 amide bonds. The molecule has 4 rings (SSSR count). The van der Waals surface area contributed by atoms with E-state index in [0.717, 1.165) is 60.8 Å². The first kappa shape index (κ1) is 22.9. The Hall–Kier alpha value is -3.32. The molecule has 7 heteroatoms. The molecule has 2 heterocycles. The fourth-order valence-electron chi connectivity index (χ4n) is 4.11. The normalized spacial score (nSPS) is 14.8. The molecule has 0 aliphatic carbocycles. The Labute approximate surface area is 194 Å². The number of likely N-dealkylation sites (tertiary alicyclic amines) is 1. The number of piperidine rings is 1. The minimum Gasteiger partial charge on any atom is -0.348 e. The van der Waals surface area contributed by atoms with Crippen molar-refractivity contribution in [2.75, 3.05) is 25.5 Å². The number of fused-ring (bicyclic) bond motifs is 1. The van der Waals surface area contributed by atoms with Crippen LogP contribution in [-0.2, 0) is 4.79 Å². The summed E-state index contributed by atoms with van der Waals surface area (Å²) in [5.74, 6) is 0.330. The Morgan fingerprint density at radius 1 is 1.12 bits per heavy atom. The Bertz CT molecular complexity index is 1140. The van der Waals surface area contributed by atoms with Crippen molar-refractivity contribution in [1.82, 2.24) is 20.2 Å². The maximum absolute atomic E-state index is 12.8. The average Bonchev–Trinajstić information content (AvgIpc) is 2.84. The minimum absolute atomic E-state index is 0.0126. The van der Waals surface area contributed by atoms with Gasteiger partial charge in [-0.2, -0.15) is 0 Å². The van der Waals surface area contributed by atoms with Crippen LogP contribution in [0.1, 0.15) is 49.5 Å². The summed E-state index contributed by atoms with van der Waals surface area (Å²) >= 11 is 0. The van der Waals surface area contributed by atoms with Gasteiger partial charge in [-0.05, 0) is 63.0 Å². The number of amides is 2. The van der Waals surface area contributed by atoms with Crippen LogP contribution in [-0.4, -0.2) is 52.9 Å². The summed E-state index contributed by atoms with van der Waals surface area (Å²) in [5, 5.41) is 8.08. The Kier molecular flexibility index (Phi) is 7.29. The number of anilines is 1. The topological polar surface area (TPSA) is 87.2 Å². The van der Waals surface area contributed by atoms with E-state index in [2.05, 4.69) is 39.5 Å².